The number of hydrogen-bond acceptors (Lipinski definition) is 5. The molecule has 0 radical (unpaired) electrons. The van der Waals surface area contributed by atoms with Crippen LogP contribution in [-0.2, 0) is 5.41 Å². The molecule has 6 nitrogen and oxygen atoms in total. The summed E-state index contributed by atoms with van der Waals surface area (Å²) in [6.45, 7) is 6.10. The van der Waals surface area contributed by atoms with Crippen molar-refractivity contribution in [1.82, 2.24) is 0 Å². The summed E-state index contributed by atoms with van der Waals surface area (Å²) in [5.74, 6) is 0.420. The Kier molecular flexibility index (Phi) is 2.79. The highest BCUT2D eigenvalue weighted by molar-refractivity contribution is 6.00. The number of para-hydroxylation sites is 1. The Morgan fingerprint density at radius 2 is 1.96 bits per heavy atom. The number of benzene rings is 2. The van der Waals surface area contributed by atoms with Gasteiger partial charge in [0.15, 0.2) is 5.75 Å². The molecule has 1 atom stereocenters. The maximum absolute atomic E-state index is 11.1. The number of nitrogens with zero attached hydrogens (tertiary/aromatic N) is 2. The van der Waals surface area contributed by atoms with Crippen LogP contribution >= 0.6 is 0 Å². The van der Waals surface area contributed by atoms with Gasteiger partial charge in [0.05, 0.1) is 22.1 Å². The predicted octanol–water partition coefficient (Wildman–Crippen LogP) is 4.18. The summed E-state index contributed by atoms with van der Waals surface area (Å²) < 4.78 is 6.33. The SMILES string of the molecule is CC1=Nc2ccc([N+](=O)[O-])cc2O[C@]12Nc1ccccc1C2(C)C. The third kappa shape index (κ3) is 1.73. The fourth-order valence-electron chi connectivity index (χ4n) is 3.66. The first kappa shape index (κ1) is 14.7. The van der Waals surface area contributed by atoms with Gasteiger partial charge in [-0.05, 0) is 38.5 Å². The highest BCUT2D eigenvalue weighted by atomic mass is 16.6. The molecule has 2 heterocycles. The van der Waals surface area contributed by atoms with Crippen LogP contribution in [0.15, 0.2) is 47.5 Å². The molecular weight excluding hydrogens is 306 g/mol. The van der Waals surface area contributed by atoms with Crippen LogP contribution in [0.25, 0.3) is 0 Å². The van der Waals surface area contributed by atoms with Gasteiger partial charge in [0.25, 0.3) is 5.69 Å². The minimum absolute atomic E-state index is 0.00743. The lowest BCUT2D eigenvalue weighted by atomic mass is 9.75. The van der Waals surface area contributed by atoms with Gasteiger partial charge < -0.3 is 10.1 Å². The summed E-state index contributed by atoms with van der Waals surface area (Å²) in [5.41, 5.74) is 2.27. The van der Waals surface area contributed by atoms with Crippen LogP contribution in [0.5, 0.6) is 5.75 Å². The second-order valence-electron chi connectivity index (χ2n) is 6.69. The van der Waals surface area contributed by atoms with Crippen LogP contribution in [0.1, 0.15) is 26.3 Å². The van der Waals surface area contributed by atoms with E-state index in [0.717, 1.165) is 17.0 Å². The maximum atomic E-state index is 11.1. The van der Waals surface area contributed by atoms with Crippen LogP contribution < -0.4 is 10.1 Å². The predicted molar refractivity (Wildman–Crippen MR) is 92.3 cm³/mol. The first-order chi connectivity index (χ1) is 11.3. The molecule has 0 aliphatic carbocycles. The van der Waals surface area contributed by atoms with Crippen LogP contribution in [0.3, 0.4) is 0 Å². The molecule has 2 aliphatic heterocycles. The zero-order valence-corrected chi connectivity index (χ0v) is 13.7. The number of rotatable bonds is 1. The lowest BCUT2D eigenvalue weighted by Crippen LogP contribution is -2.60. The second kappa shape index (κ2) is 4.56. The Morgan fingerprint density at radius 3 is 2.67 bits per heavy atom. The van der Waals surface area contributed by atoms with Crippen molar-refractivity contribution in [1.29, 1.82) is 0 Å². The fourth-order valence-corrected chi connectivity index (χ4v) is 3.66. The molecule has 2 aromatic rings. The van der Waals surface area contributed by atoms with E-state index in [-0.39, 0.29) is 11.1 Å². The summed E-state index contributed by atoms with van der Waals surface area (Å²) in [5, 5.41) is 14.5. The molecule has 6 heteroatoms. The van der Waals surface area contributed by atoms with Crippen LogP contribution in [0.2, 0.25) is 0 Å². The van der Waals surface area contributed by atoms with Crippen molar-refractivity contribution in [3.8, 4) is 5.75 Å². The topological polar surface area (TPSA) is 76.8 Å². The van der Waals surface area contributed by atoms with Gasteiger partial charge in [-0.25, -0.2) is 4.99 Å². The summed E-state index contributed by atoms with van der Waals surface area (Å²) in [6, 6.07) is 12.5. The molecule has 1 spiro atoms. The average Bonchev–Trinajstić information content (AvgIpc) is 2.76. The van der Waals surface area contributed by atoms with E-state index in [0.29, 0.717) is 11.4 Å². The Balaban J connectivity index is 1.88. The molecule has 0 saturated heterocycles. The summed E-state index contributed by atoms with van der Waals surface area (Å²) >= 11 is 0. The standard InChI is InChI=1S/C18H17N3O3/c1-11-18(17(2,3)13-6-4-5-7-14(13)20-18)24-16-10-12(21(22)23)8-9-15(16)19-11/h4-10,20H,1-3H3/t18-/m1/s1. The van der Waals surface area contributed by atoms with E-state index in [2.05, 4.69) is 30.2 Å². The molecule has 2 aromatic carbocycles. The smallest absolute Gasteiger partial charge is 0.273 e. The van der Waals surface area contributed by atoms with Gasteiger partial charge in [-0.15, -0.1) is 0 Å². The molecule has 0 saturated carbocycles. The summed E-state index contributed by atoms with van der Waals surface area (Å²) in [6.07, 6.45) is 0. The van der Waals surface area contributed by atoms with Gasteiger partial charge in [-0.1, -0.05) is 18.2 Å². The minimum atomic E-state index is -0.862. The van der Waals surface area contributed by atoms with E-state index in [1.807, 2.05) is 25.1 Å². The molecule has 4 rings (SSSR count). The van der Waals surface area contributed by atoms with Gasteiger partial charge in [0.1, 0.15) is 5.69 Å². The summed E-state index contributed by atoms with van der Waals surface area (Å²) in [4.78, 5) is 15.3. The van der Waals surface area contributed by atoms with Crippen molar-refractivity contribution in [2.75, 3.05) is 5.32 Å². The molecule has 0 unspecified atom stereocenters. The number of nitro benzene ring substituents is 1. The number of nitro groups is 1. The number of hydrogen-bond donors (Lipinski definition) is 1. The number of anilines is 1. The van der Waals surface area contributed by atoms with Gasteiger partial charge in [0.2, 0.25) is 5.72 Å². The van der Waals surface area contributed by atoms with E-state index in [9.17, 15) is 10.1 Å². The normalized spacial score (nSPS) is 22.9. The lowest BCUT2D eigenvalue weighted by molar-refractivity contribution is -0.385. The molecule has 0 fully saturated rings. The fraction of sp³-hybridized carbons (Fsp3) is 0.278. The van der Waals surface area contributed by atoms with Crippen molar-refractivity contribution in [2.24, 2.45) is 4.99 Å². The second-order valence-corrected chi connectivity index (χ2v) is 6.69. The number of ether oxygens (including phenoxy) is 1. The van der Waals surface area contributed by atoms with Crippen LogP contribution in [-0.4, -0.2) is 16.4 Å². The zero-order chi connectivity index (χ0) is 17.1. The van der Waals surface area contributed by atoms with E-state index in [1.165, 1.54) is 12.1 Å². The number of non-ortho nitro benzene ring substituents is 1. The third-order valence-electron chi connectivity index (χ3n) is 5.01. The molecular formula is C18H17N3O3. The highest BCUT2D eigenvalue weighted by Crippen LogP contribution is 2.52. The van der Waals surface area contributed by atoms with Gasteiger partial charge in [-0.2, -0.15) is 0 Å². The molecule has 0 amide bonds. The highest BCUT2D eigenvalue weighted by Gasteiger charge is 2.58. The Hall–Kier alpha value is -2.89. The molecule has 0 aromatic heterocycles. The maximum Gasteiger partial charge on any atom is 0.273 e. The van der Waals surface area contributed by atoms with E-state index >= 15 is 0 Å². The molecule has 24 heavy (non-hydrogen) atoms. The van der Waals surface area contributed by atoms with Crippen LogP contribution in [0.4, 0.5) is 17.1 Å². The van der Waals surface area contributed by atoms with E-state index in [4.69, 9.17) is 4.74 Å². The van der Waals surface area contributed by atoms with E-state index < -0.39 is 10.6 Å². The van der Waals surface area contributed by atoms with Crippen LogP contribution in [0, 0.1) is 10.1 Å². The number of fused-ring (bicyclic) bond motifs is 2. The zero-order valence-electron chi connectivity index (χ0n) is 13.7. The third-order valence-corrected chi connectivity index (χ3v) is 5.01. The molecule has 2 aliphatic rings. The largest absolute Gasteiger partial charge is 0.459 e. The van der Waals surface area contributed by atoms with Crippen molar-refractivity contribution < 1.29 is 9.66 Å². The van der Waals surface area contributed by atoms with Crippen molar-refractivity contribution in [2.45, 2.75) is 31.9 Å². The van der Waals surface area contributed by atoms with Crippen molar-refractivity contribution in [3.05, 3.63) is 58.1 Å². The van der Waals surface area contributed by atoms with Gasteiger partial charge >= 0.3 is 0 Å². The molecule has 0 bridgehead atoms. The Labute approximate surface area is 139 Å². The van der Waals surface area contributed by atoms with Gasteiger partial charge in [-0.3, -0.25) is 10.1 Å². The first-order valence-electron chi connectivity index (χ1n) is 7.76. The summed E-state index contributed by atoms with van der Waals surface area (Å²) in [7, 11) is 0. The minimum Gasteiger partial charge on any atom is -0.459 e. The van der Waals surface area contributed by atoms with Gasteiger partial charge in [0, 0.05) is 11.8 Å². The quantitative estimate of drug-likeness (QED) is 0.631. The monoisotopic (exact) mass is 323 g/mol. The van der Waals surface area contributed by atoms with Crippen molar-refractivity contribution in [3.63, 3.8) is 0 Å². The number of nitrogens with one attached hydrogen (secondary N) is 1. The number of aliphatic imine (C=N–C) groups is 1. The Bertz CT molecular complexity index is 904. The lowest BCUT2D eigenvalue weighted by Gasteiger charge is -2.43. The average molecular weight is 323 g/mol. The van der Waals surface area contributed by atoms with Crippen molar-refractivity contribution >= 4 is 22.8 Å². The van der Waals surface area contributed by atoms with E-state index in [1.54, 1.807) is 6.07 Å². The molecule has 1 N–H and O–H groups in total. The Morgan fingerprint density at radius 1 is 1.21 bits per heavy atom. The first-order valence-corrected chi connectivity index (χ1v) is 7.76. The molecule has 122 valence electrons.